The summed E-state index contributed by atoms with van der Waals surface area (Å²) in [5, 5.41) is 44.7. The maximum atomic E-state index is 14.1. The van der Waals surface area contributed by atoms with E-state index in [4.69, 9.17) is 30.8 Å². The Labute approximate surface area is 721 Å². The minimum atomic E-state index is -0.656. The Balaban J connectivity index is 0.000000157. The van der Waals surface area contributed by atoms with Crippen molar-refractivity contribution >= 4 is 46.6 Å². The van der Waals surface area contributed by atoms with Gasteiger partial charge < -0.3 is 34.4 Å². The van der Waals surface area contributed by atoms with E-state index in [1.165, 1.54) is 16.7 Å². The molecule has 7 aromatic heterocycles. The summed E-state index contributed by atoms with van der Waals surface area (Å²) in [6.07, 6.45) is 40.0. The summed E-state index contributed by atoms with van der Waals surface area (Å²) >= 11 is 6.35. The predicted molar refractivity (Wildman–Crippen MR) is 478 cm³/mol. The van der Waals surface area contributed by atoms with Crippen LogP contribution in [0.25, 0.3) is 33.4 Å². The number of aliphatic hydroxyl groups excluding tert-OH is 2. The third kappa shape index (κ3) is 22.9. The molecule has 0 aliphatic heterocycles. The zero-order chi connectivity index (χ0) is 85.6. The Bertz CT molecular complexity index is 4670. The van der Waals surface area contributed by atoms with E-state index in [1.54, 1.807) is 33.7 Å². The van der Waals surface area contributed by atoms with E-state index in [0.717, 1.165) is 178 Å². The maximum absolute atomic E-state index is 14.1. The Morgan fingerprint density at radius 3 is 1.24 bits per heavy atom. The molecule has 121 heavy (non-hydrogen) atoms. The van der Waals surface area contributed by atoms with Crippen molar-refractivity contribution in [3.05, 3.63) is 174 Å². The van der Waals surface area contributed by atoms with Gasteiger partial charge in [0.25, 0.3) is 0 Å². The Hall–Kier alpha value is -9.35. The van der Waals surface area contributed by atoms with E-state index in [0.29, 0.717) is 122 Å². The smallest absolute Gasteiger partial charge is 0.232 e. The zero-order valence-electron chi connectivity index (χ0n) is 73.4. The average molecular weight is 1670 g/mol. The number of aryl methyl sites for hydroxylation is 2. The summed E-state index contributed by atoms with van der Waals surface area (Å²) in [7, 11) is 4.96. The molecule has 0 saturated heterocycles. The second-order valence-corrected chi connectivity index (χ2v) is 37.0. The number of anilines is 3. The summed E-state index contributed by atoms with van der Waals surface area (Å²) in [4.78, 5) is 66.2. The van der Waals surface area contributed by atoms with E-state index < -0.39 is 5.60 Å². The van der Waals surface area contributed by atoms with Crippen LogP contribution in [0.2, 0.25) is 5.02 Å². The number of methoxy groups -OCH3 is 3. The van der Waals surface area contributed by atoms with Gasteiger partial charge in [0.1, 0.15) is 22.4 Å². The molecule has 6 aliphatic carbocycles. The Morgan fingerprint density at radius 2 is 0.835 bits per heavy atom. The first-order valence-corrected chi connectivity index (χ1v) is 45.2. The highest BCUT2D eigenvalue weighted by Gasteiger charge is 2.39. The molecule has 7 heterocycles. The number of aromatic nitrogens is 10. The van der Waals surface area contributed by atoms with Gasteiger partial charge in [0.2, 0.25) is 29.5 Å². The van der Waals surface area contributed by atoms with Crippen LogP contribution in [0.4, 0.5) is 17.3 Å². The number of hydrogen-bond acceptors (Lipinski definition) is 16. The highest BCUT2D eigenvalue weighted by atomic mass is 35.5. The zero-order valence-corrected chi connectivity index (χ0v) is 74.2. The number of halogens is 1. The minimum absolute atomic E-state index is 0.0406. The number of aliphatic hydroxyl groups is 3. The van der Waals surface area contributed by atoms with Gasteiger partial charge in [-0.2, -0.15) is 15.3 Å². The van der Waals surface area contributed by atoms with Gasteiger partial charge in [0.15, 0.2) is 0 Å². The molecule has 0 unspecified atom stereocenters. The standard InChI is InChI=1S/C35H47N3O3.C32H43N5O3.C31H40ClN5O3/c1-24(2)38-23-31(21-36-38)29-7-6-8-32(20-29)37(34(39)28-15-17-35(4,40)18-16-28)22-26-9-11-27(12-10-26)30-13-14-33(41-5)25(3)19-30;1-21(2)37-20-28(18-35-37)26-13-14-33-30(16-26)36(32(39)25-9-11-29(38)12-10-25)19-23-5-7-24(8-6-23)27-15-22(3)31(40-4)34-17-27;1-20(2)37-19-26(17-35-37)24-12-13-33-29(15-24)36(31(39)23-8-10-27(38)11-9-23)18-21-4-6-22(7-5-21)25-14-28(32)30(40-3)34-16-25/h6-8,13-14,19-21,23-24,26-28,40H,9-12,15-18,22H2,1-5H3;13-18,20-21,23-25,29,38H,5-12,19H2,1-4H3;12-17,19-23,27,38H,4-11,18H2,1-3H3. The first-order valence-electron chi connectivity index (χ1n) is 44.8. The van der Waals surface area contributed by atoms with Crippen LogP contribution in [-0.4, -0.2) is 141 Å². The first-order chi connectivity index (χ1) is 58.3. The molecular weight excluding hydrogens is 1540 g/mol. The van der Waals surface area contributed by atoms with Crippen molar-refractivity contribution in [2.24, 2.45) is 35.5 Å². The lowest BCUT2D eigenvalue weighted by molar-refractivity contribution is -0.125. The van der Waals surface area contributed by atoms with Crippen LogP contribution in [0.1, 0.15) is 266 Å². The number of rotatable bonds is 24. The fraction of sp³-hybridized carbons (Fsp3) is 0.551. The van der Waals surface area contributed by atoms with Crippen LogP contribution in [0.3, 0.4) is 0 Å². The van der Waals surface area contributed by atoms with Crippen molar-refractivity contribution in [2.75, 3.05) is 55.7 Å². The lowest BCUT2D eigenvalue weighted by Gasteiger charge is -2.37. The number of nitrogens with zero attached hydrogens (tertiary/aromatic N) is 13. The van der Waals surface area contributed by atoms with Gasteiger partial charge >= 0.3 is 0 Å². The van der Waals surface area contributed by atoms with Crippen molar-refractivity contribution < 1.29 is 43.9 Å². The Kier molecular flexibility index (Phi) is 30.5. The van der Waals surface area contributed by atoms with E-state index in [9.17, 15) is 29.7 Å². The van der Waals surface area contributed by atoms with Gasteiger partial charge in [-0.25, -0.2) is 19.9 Å². The molecule has 23 heteroatoms. The molecule has 0 radical (unpaired) electrons. The van der Waals surface area contributed by atoms with Crippen LogP contribution in [0, 0.1) is 49.4 Å². The molecule has 15 rings (SSSR count). The highest BCUT2D eigenvalue weighted by molar-refractivity contribution is 6.31. The third-order valence-electron chi connectivity index (χ3n) is 26.9. The molecule has 3 amide bonds. The predicted octanol–water partition coefficient (Wildman–Crippen LogP) is 20.2. The topological polar surface area (TPSA) is 254 Å². The lowest BCUT2D eigenvalue weighted by atomic mass is 9.77. The fourth-order valence-corrected chi connectivity index (χ4v) is 19.4. The van der Waals surface area contributed by atoms with E-state index >= 15 is 0 Å². The molecule has 6 fully saturated rings. The SMILES string of the molecule is COc1ccc(C2CCC(CN(C(=O)C3CCC(C)(O)CC3)c3cccc(-c4cnn(C(C)C)c4)c3)CC2)cc1C.COc1ncc(C2CCC(CN(C(=O)C3CCC(O)CC3)c3cc(-c4cnn(C(C)C)c4)ccn3)CC2)cc1C.COc1ncc(C2CCC(CN(C(=O)C3CCC(O)CC3)c3cc(-c4cnn(C(C)C)c4)ccn3)CC2)cc1Cl. The van der Waals surface area contributed by atoms with Gasteiger partial charge in [-0.3, -0.25) is 38.2 Å². The Morgan fingerprint density at radius 1 is 0.438 bits per heavy atom. The molecule has 2 aromatic carbocycles. The second kappa shape index (κ2) is 41.2. The van der Waals surface area contributed by atoms with Gasteiger partial charge in [0.05, 0.1) is 57.7 Å². The quantitative estimate of drug-likeness (QED) is 0.0508. The van der Waals surface area contributed by atoms with E-state index in [2.05, 4.69) is 145 Å². The summed E-state index contributed by atoms with van der Waals surface area (Å²) in [5.41, 5.74) is 12.6. The number of pyridine rings is 4. The summed E-state index contributed by atoms with van der Waals surface area (Å²) in [6, 6.07) is 28.1. The van der Waals surface area contributed by atoms with Crippen LogP contribution in [0.15, 0.2) is 141 Å². The third-order valence-corrected chi connectivity index (χ3v) is 27.1. The van der Waals surface area contributed by atoms with Crippen molar-refractivity contribution in [1.82, 2.24) is 49.3 Å². The van der Waals surface area contributed by atoms with Crippen molar-refractivity contribution in [2.45, 2.75) is 270 Å². The summed E-state index contributed by atoms with van der Waals surface area (Å²) < 4.78 is 21.9. The summed E-state index contributed by atoms with van der Waals surface area (Å²) in [6.45, 7) is 20.8. The van der Waals surface area contributed by atoms with Gasteiger partial charge in [-0.15, -0.1) is 0 Å². The largest absolute Gasteiger partial charge is 0.496 e. The number of carbonyl (C=O) groups is 3. The van der Waals surface area contributed by atoms with Crippen LogP contribution >= 0.6 is 11.6 Å². The number of ether oxygens (including phenoxy) is 3. The van der Waals surface area contributed by atoms with Crippen molar-refractivity contribution in [3.8, 4) is 50.9 Å². The first kappa shape index (κ1) is 89.4. The molecule has 0 bridgehead atoms. The fourth-order valence-electron chi connectivity index (χ4n) is 19.2. The van der Waals surface area contributed by atoms with Gasteiger partial charge in [-0.05, 0) is 345 Å². The molecule has 22 nitrogen and oxygen atoms in total. The van der Waals surface area contributed by atoms with E-state index in [1.807, 2.05) is 105 Å². The molecule has 0 spiro atoms. The normalized spacial score (nSPS) is 23.8. The van der Waals surface area contributed by atoms with Crippen LogP contribution in [-0.2, 0) is 14.4 Å². The van der Waals surface area contributed by atoms with Gasteiger partial charge in [-0.1, -0.05) is 35.9 Å². The number of hydrogen-bond donors (Lipinski definition) is 3. The van der Waals surface area contributed by atoms with Gasteiger partial charge in [0, 0.05) is 127 Å². The molecular formula is C98H130ClN13O9. The van der Waals surface area contributed by atoms with Crippen molar-refractivity contribution in [1.29, 1.82) is 0 Å². The minimum Gasteiger partial charge on any atom is -0.496 e. The average Bonchev–Trinajstić information content (AvgIpc) is 1.38. The number of amides is 3. The monoisotopic (exact) mass is 1670 g/mol. The molecule has 6 aliphatic rings. The van der Waals surface area contributed by atoms with E-state index in [-0.39, 0.29) is 59.8 Å². The number of benzene rings is 2. The number of carbonyl (C=O) groups excluding carboxylic acids is 3. The molecule has 6 saturated carbocycles. The summed E-state index contributed by atoms with van der Waals surface area (Å²) in [5.74, 6) is 6.48. The second-order valence-electron chi connectivity index (χ2n) is 36.6. The highest BCUT2D eigenvalue weighted by Crippen LogP contribution is 2.45. The van der Waals surface area contributed by atoms with Crippen LogP contribution in [0.5, 0.6) is 17.5 Å². The molecule has 648 valence electrons. The molecule has 0 atom stereocenters. The maximum Gasteiger partial charge on any atom is 0.232 e. The molecule has 9 aromatic rings. The van der Waals surface area contributed by atoms with Crippen molar-refractivity contribution in [3.63, 3.8) is 0 Å². The molecule has 3 N–H and O–H groups in total. The van der Waals surface area contributed by atoms with Crippen LogP contribution < -0.4 is 28.9 Å². The lowest BCUT2D eigenvalue weighted by Crippen LogP contribution is -2.43.